The molecule has 3 rings (SSSR count). The fourth-order valence-electron chi connectivity index (χ4n) is 2.11. The van der Waals surface area contributed by atoms with Gasteiger partial charge in [0.1, 0.15) is 0 Å². The molecule has 3 aromatic rings. The van der Waals surface area contributed by atoms with Gasteiger partial charge in [-0.25, -0.2) is 18.4 Å². The summed E-state index contributed by atoms with van der Waals surface area (Å²) in [6.45, 7) is 3.78. The monoisotopic (exact) mass is 347 g/mol. The Balaban J connectivity index is 2.03. The molecule has 0 saturated heterocycles. The minimum absolute atomic E-state index is 0.0103. The Morgan fingerprint density at radius 1 is 0.957 bits per heavy atom. The van der Waals surface area contributed by atoms with Gasteiger partial charge in [0.05, 0.1) is 15.9 Å². The maximum absolute atomic E-state index is 12.5. The first kappa shape index (κ1) is 15.7. The van der Waals surface area contributed by atoms with Gasteiger partial charge < -0.3 is 0 Å². The Bertz CT molecular complexity index is 1000. The summed E-state index contributed by atoms with van der Waals surface area (Å²) in [5.74, 6) is 0.0172. The smallest absolute Gasteiger partial charge is 0.261 e. The number of fused-ring (bicyclic) bond motifs is 1. The van der Waals surface area contributed by atoms with Gasteiger partial charge in [-0.2, -0.15) is 0 Å². The van der Waals surface area contributed by atoms with Crippen LogP contribution in [0.5, 0.6) is 0 Å². The molecule has 0 unspecified atom stereocenters. The molecule has 0 fully saturated rings. The number of para-hydroxylation sites is 2. The molecule has 23 heavy (non-hydrogen) atoms. The summed E-state index contributed by atoms with van der Waals surface area (Å²) in [5.41, 5.74) is 3.08. The highest BCUT2D eigenvalue weighted by molar-refractivity contribution is 7.92. The number of rotatable bonds is 3. The van der Waals surface area contributed by atoms with Crippen molar-refractivity contribution in [1.82, 2.24) is 9.97 Å². The van der Waals surface area contributed by atoms with Gasteiger partial charge in [-0.3, -0.25) is 4.72 Å². The van der Waals surface area contributed by atoms with Crippen LogP contribution in [-0.2, 0) is 10.0 Å². The van der Waals surface area contributed by atoms with Crippen LogP contribution in [0.1, 0.15) is 11.1 Å². The summed E-state index contributed by atoms with van der Waals surface area (Å²) >= 11 is 6.05. The zero-order chi connectivity index (χ0) is 16.6. The third kappa shape index (κ3) is 3.13. The van der Waals surface area contributed by atoms with Gasteiger partial charge in [0.25, 0.3) is 10.0 Å². The van der Waals surface area contributed by atoms with E-state index in [4.69, 9.17) is 11.6 Å². The van der Waals surface area contributed by atoms with Crippen molar-refractivity contribution >= 4 is 38.5 Å². The number of aromatic nitrogens is 2. The van der Waals surface area contributed by atoms with Crippen molar-refractivity contribution < 1.29 is 8.42 Å². The molecule has 2 aromatic carbocycles. The van der Waals surface area contributed by atoms with Gasteiger partial charge in [0, 0.05) is 0 Å². The fraction of sp³-hybridized carbons (Fsp3) is 0.125. The molecule has 0 amide bonds. The maximum Gasteiger partial charge on any atom is 0.263 e. The van der Waals surface area contributed by atoms with E-state index in [-0.39, 0.29) is 15.9 Å². The van der Waals surface area contributed by atoms with Gasteiger partial charge in [-0.15, -0.1) is 0 Å². The standard InChI is InChI=1S/C16H14ClN3O2S/c1-10-7-8-12(9-11(10)2)23(21,22)20-16-15(17)18-13-5-3-4-6-14(13)19-16/h3-9H,1-2H3,(H,19,20). The summed E-state index contributed by atoms with van der Waals surface area (Å²) < 4.78 is 27.4. The minimum atomic E-state index is -3.78. The summed E-state index contributed by atoms with van der Waals surface area (Å²) in [7, 11) is -3.78. The number of benzene rings is 2. The molecule has 1 N–H and O–H groups in total. The molecule has 7 heteroatoms. The Hall–Kier alpha value is -2.18. The number of nitrogens with zero attached hydrogens (tertiary/aromatic N) is 2. The molecular formula is C16H14ClN3O2S. The van der Waals surface area contributed by atoms with E-state index in [1.807, 2.05) is 19.9 Å². The van der Waals surface area contributed by atoms with Crippen LogP contribution in [0.3, 0.4) is 0 Å². The van der Waals surface area contributed by atoms with E-state index in [9.17, 15) is 8.42 Å². The average Bonchev–Trinajstić information content (AvgIpc) is 2.50. The summed E-state index contributed by atoms with van der Waals surface area (Å²) in [5, 5.41) is 0.0103. The van der Waals surface area contributed by atoms with Crippen molar-refractivity contribution in [2.45, 2.75) is 18.7 Å². The van der Waals surface area contributed by atoms with Crippen molar-refractivity contribution in [1.29, 1.82) is 0 Å². The predicted octanol–water partition coefficient (Wildman–Crippen LogP) is 3.70. The molecule has 0 aliphatic heterocycles. The quantitative estimate of drug-likeness (QED) is 0.784. The second-order valence-corrected chi connectivity index (χ2v) is 7.24. The van der Waals surface area contributed by atoms with Crippen LogP contribution in [-0.4, -0.2) is 18.4 Å². The van der Waals surface area contributed by atoms with E-state index in [0.29, 0.717) is 11.0 Å². The number of hydrogen-bond donors (Lipinski definition) is 1. The van der Waals surface area contributed by atoms with Crippen molar-refractivity contribution in [3.8, 4) is 0 Å². The van der Waals surface area contributed by atoms with Crippen molar-refractivity contribution in [2.24, 2.45) is 0 Å². The summed E-state index contributed by atoms with van der Waals surface area (Å²) in [4.78, 5) is 8.56. The Labute approximate surface area is 139 Å². The first-order valence-corrected chi connectivity index (χ1v) is 8.75. The molecular weight excluding hydrogens is 334 g/mol. The second-order valence-electron chi connectivity index (χ2n) is 5.20. The zero-order valence-corrected chi connectivity index (χ0v) is 14.1. The molecule has 0 bridgehead atoms. The molecule has 0 spiro atoms. The van der Waals surface area contributed by atoms with Gasteiger partial charge in [0.15, 0.2) is 11.0 Å². The predicted molar refractivity (Wildman–Crippen MR) is 91.3 cm³/mol. The number of hydrogen-bond acceptors (Lipinski definition) is 4. The third-order valence-electron chi connectivity index (χ3n) is 3.55. The normalized spacial score (nSPS) is 11.6. The molecule has 0 aliphatic carbocycles. The lowest BCUT2D eigenvalue weighted by Crippen LogP contribution is -2.15. The van der Waals surface area contributed by atoms with E-state index in [2.05, 4.69) is 14.7 Å². The number of anilines is 1. The zero-order valence-electron chi connectivity index (χ0n) is 12.5. The lowest BCUT2D eigenvalue weighted by atomic mass is 10.1. The molecule has 0 saturated carbocycles. The van der Waals surface area contributed by atoms with Crippen LogP contribution in [0.15, 0.2) is 47.4 Å². The van der Waals surface area contributed by atoms with Crippen LogP contribution in [0.4, 0.5) is 5.82 Å². The molecule has 1 aromatic heterocycles. The molecule has 0 atom stereocenters. The SMILES string of the molecule is Cc1ccc(S(=O)(=O)Nc2nc3ccccc3nc2Cl)cc1C. The largest absolute Gasteiger partial charge is 0.263 e. The van der Waals surface area contributed by atoms with Crippen LogP contribution in [0.2, 0.25) is 5.15 Å². The Morgan fingerprint density at radius 3 is 2.26 bits per heavy atom. The maximum atomic E-state index is 12.5. The highest BCUT2D eigenvalue weighted by Gasteiger charge is 2.18. The highest BCUT2D eigenvalue weighted by Crippen LogP contribution is 2.24. The first-order chi connectivity index (χ1) is 10.9. The van der Waals surface area contributed by atoms with E-state index >= 15 is 0 Å². The summed E-state index contributed by atoms with van der Waals surface area (Å²) in [6.07, 6.45) is 0. The third-order valence-corrected chi connectivity index (χ3v) is 5.15. The van der Waals surface area contributed by atoms with E-state index in [1.165, 1.54) is 0 Å². The molecule has 0 aliphatic rings. The highest BCUT2D eigenvalue weighted by atomic mass is 35.5. The van der Waals surface area contributed by atoms with Gasteiger partial charge in [0.2, 0.25) is 0 Å². The van der Waals surface area contributed by atoms with Crippen LogP contribution in [0.25, 0.3) is 11.0 Å². The van der Waals surface area contributed by atoms with Crippen LogP contribution < -0.4 is 4.72 Å². The van der Waals surface area contributed by atoms with E-state index in [1.54, 1.807) is 36.4 Å². The average molecular weight is 348 g/mol. The van der Waals surface area contributed by atoms with E-state index < -0.39 is 10.0 Å². The second kappa shape index (κ2) is 5.79. The number of halogens is 1. The molecule has 118 valence electrons. The number of aryl methyl sites for hydroxylation is 2. The van der Waals surface area contributed by atoms with Crippen molar-refractivity contribution in [2.75, 3.05) is 4.72 Å². The number of nitrogens with one attached hydrogen (secondary N) is 1. The Morgan fingerprint density at radius 2 is 1.61 bits per heavy atom. The van der Waals surface area contributed by atoms with Gasteiger partial charge in [-0.05, 0) is 49.2 Å². The number of sulfonamides is 1. The van der Waals surface area contributed by atoms with E-state index in [0.717, 1.165) is 11.1 Å². The molecule has 1 heterocycles. The van der Waals surface area contributed by atoms with Crippen molar-refractivity contribution in [3.63, 3.8) is 0 Å². The topological polar surface area (TPSA) is 72.0 Å². The van der Waals surface area contributed by atoms with Crippen LogP contribution in [0, 0.1) is 13.8 Å². The molecule has 0 radical (unpaired) electrons. The lowest BCUT2D eigenvalue weighted by molar-refractivity contribution is 0.601. The summed E-state index contributed by atoms with van der Waals surface area (Å²) in [6, 6.07) is 12.0. The fourth-order valence-corrected chi connectivity index (χ4v) is 3.44. The van der Waals surface area contributed by atoms with Gasteiger partial charge >= 0.3 is 0 Å². The lowest BCUT2D eigenvalue weighted by Gasteiger charge is -2.10. The Kier molecular flexibility index (Phi) is 3.95. The van der Waals surface area contributed by atoms with Gasteiger partial charge in [-0.1, -0.05) is 29.8 Å². The molecule has 5 nitrogen and oxygen atoms in total. The first-order valence-electron chi connectivity index (χ1n) is 6.89. The van der Waals surface area contributed by atoms with Crippen LogP contribution >= 0.6 is 11.6 Å². The minimum Gasteiger partial charge on any atom is -0.261 e. The van der Waals surface area contributed by atoms with Crippen molar-refractivity contribution in [3.05, 3.63) is 58.7 Å².